The molecule has 100 valence electrons. The van der Waals surface area contributed by atoms with Crippen LogP contribution in [-0.2, 0) is 13.2 Å². The molecule has 0 fully saturated rings. The summed E-state index contributed by atoms with van der Waals surface area (Å²) in [4.78, 5) is 14.1. The molecule has 19 heavy (non-hydrogen) atoms. The van der Waals surface area contributed by atoms with Gasteiger partial charge in [-0.1, -0.05) is 0 Å². The Morgan fingerprint density at radius 2 is 2.32 bits per heavy atom. The number of aryl methyl sites for hydroxylation is 1. The highest BCUT2D eigenvalue weighted by Gasteiger charge is 2.16. The minimum absolute atomic E-state index is 0.0157. The zero-order chi connectivity index (χ0) is 13.8. The van der Waals surface area contributed by atoms with Gasteiger partial charge in [0.15, 0.2) is 11.6 Å². The molecule has 0 saturated heterocycles. The molecule has 2 aromatic rings. The molecular weight excluding hydrogens is 255 g/mol. The topological polar surface area (TPSA) is 83.1 Å². The highest BCUT2D eigenvalue weighted by molar-refractivity contribution is 5.46. The van der Waals surface area contributed by atoms with Gasteiger partial charge in [-0.15, -0.1) is 0 Å². The second-order valence-electron chi connectivity index (χ2n) is 3.65. The van der Waals surface area contributed by atoms with Crippen molar-refractivity contribution >= 4 is 5.69 Å². The Kier molecular flexibility index (Phi) is 3.69. The van der Waals surface area contributed by atoms with Crippen LogP contribution in [0.4, 0.5) is 10.1 Å². The Morgan fingerprint density at radius 3 is 3.00 bits per heavy atom. The van der Waals surface area contributed by atoms with Gasteiger partial charge in [-0.25, -0.2) is 14.1 Å². The van der Waals surface area contributed by atoms with Crippen LogP contribution in [0.15, 0.2) is 24.5 Å². The summed E-state index contributed by atoms with van der Waals surface area (Å²) in [6.45, 7) is 2.46. The number of nitrogens with zero attached hydrogens (tertiary/aromatic N) is 4. The largest absolute Gasteiger partial charge is 0.479 e. The van der Waals surface area contributed by atoms with E-state index in [9.17, 15) is 14.5 Å². The van der Waals surface area contributed by atoms with Gasteiger partial charge in [0.25, 0.3) is 0 Å². The van der Waals surface area contributed by atoms with Crippen molar-refractivity contribution in [3.05, 3.63) is 46.3 Å². The summed E-state index contributed by atoms with van der Waals surface area (Å²) in [5.74, 6) is -0.214. The van der Waals surface area contributed by atoms with E-state index in [-0.39, 0.29) is 18.0 Å². The Labute approximate surface area is 107 Å². The highest BCUT2D eigenvalue weighted by atomic mass is 19.1. The quantitative estimate of drug-likeness (QED) is 0.610. The van der Waals surface area contributed by atoms with E-state index in [2.05, 4.69) is 10.1 Å². The average Bonchev–Trinajstić information content (AvgIpc) is 2.83. The SMILES string of the molecule is CCn1ncnc1COc1cc(F)ccc1[N+](=O)[O-]. The molecule has 0 unspecified atom stereocenters. The van der Waals surface area contributed by atoms with E-state index >= 15 is 0 Å². The molecule has 0 saturated carbocycles. The van der Waals surface area contributed by atoms with Crippen molar-refractivity contribution in [3.8, 4) is 5.75 Å². The van der Waals surface area contributed by atoms with Crippen molar-refractivity contribution in [1.82, 2.24) is 14.8 Å². The second kappa shape index (κ2) is 5.42. The van der Waals surface area contributed by atoms with E-state index < -0.39 is 10.7 Å². The van der Waals surface area contributed by atoms with Crippen LogP contribution in [0.3, 0.4) is 0 Å². The number of rotatable bonds is 5. The molecule has 0 aliphatic rings. The van der Waals surface area contributed by atoms with Crippen molar-refractivity contribution < 1.29 is 14.1 Å². The molecule has 1 heterocycles. The van der Waals surface area contributed by atoms with Crippen molar-refractivity contribution in [2.75, 3.05) is 0 Å². The first-order valence-electron chi connectivity index (χ1n) is 5.55. The maximum atomic E-state index is 13.1. The molecule has 0 bridgehead atoms. The first-order valence-corrected chi connectivity index (χ1v) is 5.55. The first kappa shape index (κ1) is 12.9. The summed E-state index contributed by atoms with van der Waals surface area (Å²) in [5.41, 5.74) is -0.288. The van der Waals surface area contributed by atoms with Crippen LogP contribution in [0.25, 0.3) is 0 Å². The van der Waals surface area contributed by atoms with E-state index in [1.54, 1.807) is 4.68 Å². The molecule has 0 aliphatic carbocycles. The van der Waals surface area contributed by atoms with Gasteiger partial charge < -0.3 is 4.74 Å². The molecule has 1 aromatic carbocycles. The van der Waals surface area contributed by atoms with Gasteiger partial charge in [-0.3, -0.25) is 10.1 Å². The molecule has 0 N–H and O–H groups in total. The van der Waals surface area contributed by atoms with E-state index in [4.69, 9.17) is 4.74 Å². The number of aromatic nitrogens is 3. The van der Waals surface area contributed by atoms with Crippen molar-refractivity contribution in [3.63, 3.8) is 0 Å². The van der Waals surface area contributed by atoms with Crippen molar-refractivity contribution in [1.29, 1.82) is 0 Å². The van der Waals surface area contributed by atoms with Gasteiger partial charge in [0, 0.05) is 18.7 Å². The fourth-order valence-electron chi connectivity index (χ4n) is 1.56. The Morgan fingerprint density at radius 1 is 1.53 bits per heavy atom. The molecule has 0 spiro atoms. The standard InChI is InChI=1S/C11H11FN4O3/c1-2-15-11(13-7-14-15)6-19-10-5-8(12)3-4-9(10)16(17)18/h3-5,7H,2,6H2,1H3. The maximum Gasteiger partial charge on any atom is 0.311 e. The zero-order valence-corrected chi connectivity index (χ0v) is 10.1. The third-order valence-corrected chi connectivity index (χ3v) is 2.47. The van der Waals surface area contributed by atoms with Crippen LogP contribution >= 0.6 is 0 Å². The average molecular weight is 266 g/mol. The molecule has 0 radical (unpaired) electrons. The van der Waals surface area contributed by atoms with Crippen LogP contribution in [0.2, 0.25) is 0 Å². The van der Waals surface area contributed by atoms with Gasteiger partial charge >= 0.3 is 5.69 Å². The van der Waals surface area contributed by atoms with E-state index in [1.165, 1.54) is 6.33 Å². The summed E-state index contributed by atoms with van der Waals surface area (Å²) in [6.07, 6.45) is 1.36. The van der Waals surface area contributed by atoms with Gasteiger partial charge in [0.05, 0.1) is 4.92 Å². The lowest BCUT2D eigenvalue weighted by Crippen LogP contribution is -2.08. The predicted molar refractivity (Wildman–Crippen MR) is 63.1 cm³/mol. The van der Waals surface area contributed by atoms with Gasteiger partial charge in [-0.05, 0) is 13.0 Å². The number of hydrogen-bond donors (Lipinski definition) is 0. The van der Waals surface area contributed by atoms with E-state index in [0.717, 1.165) is 18.2 Å². The van der Waals surface area contributed by atoms with Crippen LogP contribution in [-0.4, -0.2) is 19.7 Å². The maximum absolute atomic E-state index is 13.1. The van der Waals surface area contributed by atoms with E-state index in [0.29, 0.717) is 12.4 Å². The van der Waals surface area contributed by atoms with Crippen molar-refractivity contribution in [2.45, 2.75) is 20.1 Å². The smallest absolute Gasteiger partial charge is 0.311 e. The fourth-order valence-corrected chi connectivity index (χ4v) is 1.56. The van der Waals surface area contributed by atoms with Crippen LogP contribution in [0.5, 0.6) is 5.75 Å². The van der Waals surface area contributed by atoms with Gasteiger partial charge in [0.2, 0.25) is 0 Å². The minimum atomic E-state index is -0.626. The van der Waals surface area contributed by atoms with Crippen LogP contribution in [0, 0.1) is 15.9 Å². The van der Waals surface area contributed by atoms with Gasteiger partial charge in [0.1, 0.15) is 18.8 Å². The first-order chi connectivity index (χ1) is 9.11. The Bertz CT molecular complexity index is 599. The van der Waals surface area contributed by atoms with E-state index in [1.807, 2.05) is 6.92 Å². The lowest BCUT2D eigenvalue weighted by Gasteiger charge is -2.07. The number of nitro benzene ring substituents is 1. The number of halogens is 1. The summed E-state index contributed by atoms with van der Waals surface area (Å²) in [6, 6.07) is 3.06. The van der Waals surface area contributed by atoms with Crippen molar-refractivity contribution in [2.24, 2.45) is 0 Å². The minimum Gasteiger partial charge on any atom is -0.479 e. The third kappa shape index (κ3) is 2.84. The molecule has 7 nitrogen and oxygen atoms in total. The lowest BCUT2D eigenvalue weighted by molar-refractivity contribution is -0.386. The molecule has 2 rings (SSSR count). The predicted octanol–water partition coefficient (Wildman–Crippen LogP) is 1.92. The normalized spacial score (nSPS) is 10.4. The zero-order valence-electron chi connectivity index (χ0n) is 10.1. The third-order valence-electron chi connectivity index (χ3n) is 2.47. The molecule has 0 aliphatic heterocycles. The summed E-state index contributed by atoms with van der Waals surface area (Å²) < 4.78 is 19.9. The second-order valence-corrected chi connectivity index (χ2v) is 3.65. The molecule has 0 amide bonds. The summed E-state index contributed by atoms with van der Waals surface area (Å²) >= 11 is 0. The molecular formula is C11H11FN4O3. The monoisotopic (exact) mass is 266 g/mol. The molecule has 8 heteroatoms. The van der Waals surface area contributed by atoms with Gasteiger partial charge in [-0.2, -0.15) is 5.10 Å². The van der Waals surface area contributed by atoms with Crippen LogP contribution in [0.1, 0.15) is 12.7 Å². The fraction of sp³-hybridized carbons (Fsp3) is 0.273. The van der Waals surface area contributed by atoms with Crippen LogP contribution < -0.4 is 4.74 Å². The number of benzene rings is 1. The Balaban J connectivity index is 2.19. The molecule has 1 aromatic heterocycles. The summed E-state index contributed by atoms with van der Waals surface area (Å²) in [7, 11) is 0. The number of ether oxygens (including phenoxy) is 1. The molecule has 0 atom stereocenters. The number of nitro groups is 1. The summed E-state index contributed by atoms with van der Waals surface area (Å²) in [5, 5.41) is 14.7. The lowest BCUT2D eigenvalue weighted by atomic mass is 10.3. The number of hydrogen-bond acceptors (Lipinski definition) is 5. The Hall–Kier alpha value is -2.51. The highest BCUT2D eigenvalue weighted by Crippen LogP contribution is 2.27.